The highest BCUT2D eigenvalue weighted by Gasteiger charge is 2.07. The average Bonchev–Trinajstić information content (AvgIpc) is 2.52. The molecule has 5 heteroatoms. The van der Waals surface area contributed by atoms with Crippen LogP contribution in [0.4, 0.5) is 0 Å². The highest BCUT2D eigenvalue weighted by Crippen LogP contribution is 2.16. The molecule has 1 unspecified atom stereocenters. The molecule has 0 aromatic heterocycles. The van der Waals surface area contributed by atoms with Crippen LogP contribution in [0.1, 0.15) is 24.8 Å². The second kappa shape index (κ2) is 11.4. The van der Waals surface area contributed by atoms with E-state index in [1.54, 1.807) is 18.2 Å². The number of hydrogen-bond donors (Lipinski definition) is 2. The Labute approximate surface area is 131 Å². The maximum atomic E-state index is 9.84. The number of nitrogens with zero attached hydrogens (tertiary/aromatic N) is 1. The van der Waals surface area contributed by atoms with Crippen LogP contribution in [0.3, 0.4) is 0 Å². The van der Waals surface area contributed by atoms with Crippen molar-refractivity contribution < 1.29 is 9.84 Å². The summed E-state index contributed by atoms with van der Waals surface area (Å²) in [5.41, 5.74) is 0.492. The first-order valence-corrected chi connectivity index (χ1v) is 8.67. The molecule has 0 aliphatic heterocycles. The van der Waals surface area contributed by atoms with Gasteiger partial charge in [-0.2, -0.15) is 17.0 Å². The molecular formula is C16H24N2O2S. The van der Waals surface area contributed by atoms with E-state index in [1.807, 2.05) is 17.8 Å². The normalized spacial score (nSPS) is 11.9. The van der Waals surface area contributed by atoms with Gasteiger partial charge in [-0.3, -0.25) is 0 Å². The summed E-state index contributed by atoms with van der Waals surface area (Å²) in [6.07, 6.45) is 5.16. The SMILES string of the molecule is CSCCCCCNCC(O)COc1ccccc1C#N. The lowest BCUT2D eigenvalue weighted by Crippen LogP contribution is -2.32. The highest BCUT2D eigenvalue weighted by molar-refractivity contribution is 7.98. The molecule has 0 heterocycles. The number of benzene rings is 1. The molecule has 0 spiro atoms. The largest absolute Gasteiger partial charge is 0.489 e. The highest BCUT2D eigenvalue weighted by atomic mass is 32.2. The molecule has 0 amide bonds. The van der Waals surface area contributed by atoms with E-state index in [0.717, 1.165) is 13.0 Å². The molecule has 2 N–H and O–H groups in total. The van der Waals surface area contributed by atoms with E-state index in [0.29, 0.717) is 17.9 Å². The van der Waals surface area contributed by atoms with Gasteiger partial charge in [0.15, 0.2) is 0 Å². The third-order valence-electron chi connectivity index (χ3n) is 3.02. The fraction of sp³-hybridized carbons (Fsp3) is 0.562. The summed E-state index contributed by atoms with van der Waals surface area (Å²) in [6, 6.07) is 9.12. The zero-order chi connectivity index (χ0) is 15.3. The Kier molecular flexibility index (Phi) is 9.71. The molecule has 0 saturated heterocycles. The Morgan fingerprint density at radius 1 is 1.33 bits per heavy atom. The maximum absolute atomic E-state index is 9.84. The molecule has 1 aromatic carbocycles. The standard InChI is InChI=1S/C16H24N2O2S/c1-21-10-6-2-5-9-18-12-15(19)13-20-16-8-4-3-7-14(16)11-17/h3-4,7-8,15,18-19H,2,5-6,9-10,12-13H2,1H3. The molecular weight excluding hydrogens is 284 g/mol. The van der Waals surface area contributed by atoms with Gasteiger partial charge in [0, 0.05) is 6.54 Å². The molecule has 0 saturated carbocycles. The van der Waals surface area contributed by atoms with Crippen molar-refractivity contribution in [2.45, 2.75) is 25.4 Å². The minimum absolute atomic E-state index is 0.193. The first kappa shape index (κ1) is 17.8. The van der Waals surface area contributed by atoms with Crippen molar-refractivity contribution >= 4 is 11.8 Å². The van der Waals surface area contributed by atoms with Crippen molar-refractivity contribution in [3.05, 3.63) is 29.8 Å². The first-order chi connectivity index (χ1) is 10.3. The summed E-state index contributed by atoms with van der Waals surface area (Å²) in [5, 5.41) is 22.0. The van der Waals surface area contributed by atoms with Crippen molar-refractivity contribution in [1.29, 1.82) is 5.26 Å². The van der Waals surface area contributed by atoms with Gasteiger partial charge in [0.2, 0.25) is 0 Å². The fourth-order valence-corrected chi connectivity index (χ4v) is 2.36. The Morgan fingerprint density at radius 2 is 2.14 bits per heavy atom. The van der Waals surface area contributed by atoms with Crippen LogP contribution >= 0.6 is 11.8 Å². The second-order valence-corrected chi connectivity index (χ2v) is 5.82. The fourth-order valence-electron chi connectivity index (χ4n) is 1.87. The molecule has 4 nitrogen and oxygen atoms in total. The zero-order valence-electron chi connectivity index (χ0n) is 12.5. The van der Waals surface area contributed by atoms with Crippen molar-refractivity contribution in [1.82, 2.24) is 5.32 Å². The van der Waals surface area contributed by atoms with Crippen LogP contribution in [-0.4, -0.2) is 42.9 Å². The number of rotatable bonds is 11. The number of ether oxygens (including phenoxy) is 1. The number of hydrogen-bond acceptors (Lipinski definition) is 5. The van der Waals surface area contributed by atoms with Gasteiger partial charge in [-0.15, -0.1) is 0 Å². The lowest BCUT2D eigenvalue weighted by atomic mass is 10.2. The number of unbranched alkanes of at least 4 members (excludes halogenated alkanes) is 2. The molecule has 116 valence electrons. The smallest absolute Gasteiger partial charge is 0.137 e. The van der Waals surface area contributed by atoms with E-state index in [4.69, 9.17) is 10.00 Å². The van der Waals surface area contributed by atoms with Gasteiger partial charge in [0.1, 0.15) is 24.5 Å². The predicted molar refractivity (Wildman–Crippen MR) is 87.8 cm³/mol. The van der Waals surface area contributed by atoms with Crippen LogP contribution in [0.5, 0.6) is 5.75 Å². The van der Waals surface area contributed by atoms with Crippen LogP contribution in [0.2, 0.25) is 0 Å². The third-order valence-corrected chi connectivity index (χ3v) is 3.72. The van der Waals surface area contributed by atoms with Gasteiger partial charge < -0.3 is 15.2 Å². The minimum atomic E-state index is -0.567. The number of nitrogens with one attached hydrogen (secondary N) is 1. The molecule has 1 atom stereocenters. The molecule has 1 aromatic rings. The molecule has 0 aliphatic carbocycles. The molecule has 1 rings (SSSR count). The number of thioether (sulfide) groups is 1. The van der Waals surface area contributed by atoms with Gasteiger partial charge in [-0.1, -0.05) is 18.6 Å². The molecule has 0 radical (unpaired) electrons. The Balaban J connectivity index is 2.11. The Hall–Kier alpha value is -1.22. The molecule has 0 fully saturated rings. The van der Waals surface area contributed by atoms with Gasteiger partial charge in [-0.05, 0) is 43.5 Å². The number of para-hydroxylation sites is 1. The number of nitriles is 1. The number of aliphatic hydroxyl groups is 1. The van der Waals surface area contributed by atoms with Crippen LogP contribution in [0.15, 0.2) is 24.3 Å². The predicted octanol–water partition coefficient (Wildman–Crippen LogP) is 2.42. The van der Waals surface area contributed by atoms with Crippen molar-refractivity contribution in [2.24, 2.45) is 0 Å². The van der Waals surface area contributed by atoms with Gasteiger partial charge in [-0.25, -0.2) is 0 Å². The van der Waals surface area contributed by atoms with Crippen LogP contribution in [0, 0.1) is 11.3 Å². The Morgan fingerprint density at radius 3 is 2.90 bits per heavy atom. The number of aliphatic hydroxyl groups excluding tert-OH is 1. The first-order valence-electron chi connectivity index (χ1n) is 7.27. The van der Waals surface area contributed by atoms with E-state index in [1.165, 1.54) is 18.6 Å². The topological polar surface area (TPSA) is 65.3 Å². The van der Waals surface area contributed by atoms with Crippen LogP contribution in [-0.2, 0) is 0 Å². The van der Waals surface area contributed by atoms with E-state index >= 15 is 0 Å². The lowest BCUT2D eigenvalue weighted by molar-refractivity contribution is 0.106. The summed E-state index contributed by atoms with van der Waals surface area (Å²) in [4.78, 5) is 0. The van der Waals surface area contributed by atoms with E-state index in [2.05, 4.69) is 17.6 Å². The molecule has 0 bridgehead atoms. The maximum Gasteiger partial charge on any atom is 0.137 e. The summed E-state index contributed by atoms with van der Waals surface area (Å²) >= 11 is 1.88. The lowest BCUT2D eigenvalue weighted by Gasteiger charge is -2.14. The summed E-state index contributed by atoms with van der Waals surface area (Å²) in [6.45, 7) is 1.62. The minimum Gasteiger partial charge on any atom is -0.489 e. The molecule has 0 aliphatic rings. The summed E-state index contributed by atoms with van der Waals surface area (Å²) in [7, 11) is 0. The van der Waals surface area contributed by atoms with Crippen molar-refractivity contribution in [3.8, 4) is 11.8 Å². The van der Waals surface area contributed by atoms with E-state index in [-0.39, 0.29) is 6.61 Å². The van der Waals surface area contributed by atoms with Crippen LogP contribution < -0.4 is 10.1 Å². The second-order valence-electron chi connectivity index (χ2n) is 4.83. The summed E-state index contributed by atoms with van der Waals surface area (Å²) in [5.74, 6) is 1.74. The monoisotopic (exact) mass is 308 g/mol. The third kappa shape index (κ3) is 7.96. The van der Waals surface area contributed by atoms with Gasteiger partial charge in [0.05, 0.1) is 5.56 Å². The zero-order valence-corrected chi connectivity index (χ0v) is 13.4. The molecule has 21 heavy (non-hydrogen) atoms. The quantitative estimate of drug-likeness (QED) is 0.615. The van der Waals surface area contributed by atoms with Crippen molar-refractivity contribution in [3.63, 3.8) is 0 Å². The van der Waals surface area contributed by atoms with Gasteiger partial charge in [0.25, 0.3) is 0 Å². The Bertz CT molecular complexity index is 435. The van der Waals surface area contributed by atoms with Gasteiger partial charge >= 0.3 is 0 Å². The average molecular weight is 308 g/mol. The summed E-state index contributed by atoms with van der Waals surface area (Å²) < 4.78 is 5.48. The van der Waals surface area contributed by atoms with E-state index < -0.39 is 6.10 Å². The van der Waals surface area contributed by atoms with Crippen LogP contribution in [0.25, 0.3) is 0 Å². The van der Waals surface area contributed by atoms with E-state index in [9.17, 15) is 5.11 Å². The van der Waals surface area contributed by atoms with Crippen molar-refractivity contribution in [2.75, 3.05) is 31.7 Å².